The zero-order chi connectivity index (χ0) is 13.1. The van der Waals surface area contributed by atoms with Gasteiger partial charge in [-0.3, -0.25) is 4.90 Å². The molecule has 0 spiro atoms. The third-order valence-corrected chi connectivity index (χ3v) is 3.52. The number of aliphatic hydroxyl groups is 1. The zero-order valence-corrected chi connectivity index (χ0v) is 12.2. The van der Waals surface area contributed by atoms with E-state index in [0.29, 0.717) is 0 Å². The van der Waals surface area contributed by atoms with E-state index in [2.05, 4.69) is 44.4 Å². The predicted molar refractivity (Wildman–Crippen MR) is 73.2 cm³/mol. The Balaban J connectivity index is 2.28. The third kappa shape index (κ3) is 5.36. The van der Waals surface area contributed by atoms with Gasteiger partial charge in [0.2, 0.25) is 0 Å². The van der Waals surface area contributed by atoms with Gasteiger partial charge in [-0.05, 0) is 11.3 Å². The van der Waals surface area contributed by atoms with Gasteiger partial charge in [0.15, 0.2) is 0 Å². The van der Waals surface area contributed by atoms with Crippen LogP contribution < -0.4 is 0 Å². The number of piperazine rings is 1. The molecule has 0 radical (unpaired) electrons. The quantitative estimate of drug-likeness (QED) is 0.812. The van der Waals surface area contributed by atoms with Crippen LogP contribution in [-0.2, 0) is 0 Å². The molecule has 1 saturated heterocycles. The van der Waals surface area contributed by atoms with Crippen LogP contribution in [0.5, 0.6) is 0 Å². The van der Waals surface area contributed by atoms with Crippen molar-refractivity contribution in [2.24, 2.45) is 11.3 Å². The van der Waals surface area contributed by atoms with Crippen molar-refractivity contribution >= 4 is 0 Å². The Morgan fingerprint density at radius 3 is 1.71 bits per heavy atom. The molecule has 0 aromatic carbocycles. The van der Waals surface area contributed by atoms with E-state index in [1.165, 1.54) is 6.54 Å². The molecule has 0 aromatic heterocycles. The van der Waals surface area contributed by atoms with Crippen molar-refractivity contribution < 1.29 is 5.11 Å². The average molecular weight is 242 g/mol. The van der Waals surface area contributed by atoms with Crippen LogP contribution in [0.2, 0.25) is 0 Å². The summed E-state index contributed by atoms with van der Waals surface area (Å²) in [6.45, 7) is 17.4. The van der Waals surface area contributed by atoms with Crippen LogP contribution in [0.15, 0.2) is 0 Å². The number of rotatable bonds is 4. The second-order valence-corrected chi connectivity index (χ2v) is 6.88. The lowest BCUT2D eigenvalue weighted by molar-refractivity contribution is 0.0123. The van der Waals surface area contributed by atoms with Crippen LogP contribution in [0.25, 0.3) is 0 Å². The molecule has 1 fully saturated rings. The van der Waals surface area contributed by atoms with Gasteiger partial charge in [0.1, 0.15) is 0 Å². The monoisotopic (exact) mass is 242 g/mol. The lowest BCUT2D eigenvalue weighted by Crippen LogP contribution is -2.50. The normalized spacial score (nSPS) is 22.1. The molecule has 0 saturated carbocycles. The first kappa shape index (κ1) is 14.9. The van der Waals surface area contributed by atoms with E-state index in [-0.39, 0.29) is 11.5 Å². The van der Waals surface area contributed by atoms with Crippen molar-refractivity contribution in [2.75, 3.05) is 39.3 Å². The molecular formula is C14H30N2O. The van der Waals surface area contributed by atoms with Crippen molar-refractivity contribution in [3.63, 3.8) is 0 Å². The van der Waals surface area contributed by atoms with Gasteiger partial charge in [0, 0.05) is 39.3 Å². The van der Waals surface area contributed by atoms with Crippen molar-refractivity contribution in [1.29, 1.82) is 0 Å². The van der Waals surface area contributed by atoms with E-state index in [1.54, 1.807) is 0 Å². The van der Waals surface area contributed by atoms with E-state index >= 15 is 0 Å². The van der Waals surface area contributed by atoms with Gasteiger partial charge in [-0.15, -0.1) is 0 Å². The van der Waals surface area contributed by atoms with Gasteiger partial charge in [-0.1, -0.05) is 34.6 Å². The molecule has 1 heterocycles. The summed E-state index contributed by atoms with van der Waals surface area (Å²) in [6, 6.07) is 0. The van der Waals surface area contributed by atoms with Crippen molar-refractivity contribution in [1.82, 2.24) is 9.80 Å². The van der Waals surface area contributed by atoms with Crippen LogP contribution in [0.4, 0.5) is 0 Å². The molecule has 0 aliphatic carbocycles. The van der Waals surface area contributed by atoms with Crippen LogP contribution in [0.3, 0.4) is 0 Å². The summed E-state index contributed by atoms with van der Waals surface area (Å²) in [4.78, 5) is 4.93. The third-order valence-electron chi connectivity index (χ3n) is 3.52. The van der Waals surface area contributed by atoms with Crippen LogP contribution in [0.1, 0.15) is 34.6 Å². The molecule has 0 bridgehead atoms. The molecular weight excluding hydrogens is 212 g/mol. The Kier molecular flexibility index (Phi) is 5.42. The minimum atomic E-state index is -0.223. The van der Waals surface area contributed by atoms with Crippen molar-refractivity contribution in [3.8, 4) is 0 Å². The minimum absolute atomic E-state index is 0.00489. The number of hydrogen-bond donors (Lipinski definition) is 1. The van der Waals surface area contributed by atoms with Crippen LogP contribution in [-0.4, -0.2) is 60.3 Å². The van der Waals surface area contributed by atoms with Crippen molar-refractivity contribution in [3.05, 3.63) is 0 Å². The zero-order valence-electron chi connectivity index (χ0n) is 12.2. The fraction of sp³-hybridized carbons (Fsp3) is 1.00. The highest BCUT2D eigenvalue weighted by Crippen LogP contribution is 2.20. The molecule has 0 amide bonds. The van der Waals surface area contributed by atoms with Crippen molar-refractivity contribution in [2.45, 2.75) is 40.7 Å². The van der Waals surface area contributed by atoms with E-state index in [9.17, 15) is 5.11 Å². The average Bonchev–Trinajstić information content (AvgIpc) is 2.18. The standard InChI is InChI=1S/C14H30N2O/c1-12(2)10-15-6-8-16(9-7-15)11-13(17)14(3,4)5/h12-13,17H,6-11H2,1-5H3. The topological polar surface area (TPSA) is 26.7 Å². The molecule has 1 aliphatic rings. The Hall–Kier alpha value is -0.120. The Morgan fingerprint density at radius 2 is 1.35 bits per heavy atom. The summed E-state index contributed by atoms with van der Waals surface area (Å²) in [7, 11) is 0. The van der Waals surface area contributed by atoms with E-state index < -0.39 is 0 Å². The minimum Gasteiger partial charge on any atom is -0.391 e. The summed E-state index contributed by atoms with van der Waals surface area (Å²) >= 11 is 0. The SMILES string of the molecule is CC(C)CN1CCN(CC(O)C(C)(C)C)CC1. The molecule has 17 heavy (non-hydrogen) atoms. The maximum Gasteiger partial charge on any atom is 0.0715 e. The van der Waals surface area contributed by atoms with Gasteiger partial charge < -0.3 is 10.0 Å². The van der Waals surface area contributed by atoms with Gasteiger partial charge in [-0.2, -0.15) is 0 Å². The van der Waals surface area contributed by atoms with Gasteiger partial charge in [-0.25, -0.2) is 0 Å². The molecule has 1 atom stereocenters. The highest BCUT2D eigenvalue weighted by atomic mass is 16.3. The number of aliphatic hydroxyl groups excluding tert-OH is 1. The molecule has 1 aliphatic heterocycles. The Labute approximate surface area is 107 Å². The van der Waals surface area contributed by atoms with E-state index in [0.717, 1.165) is 38.6 Å². The molecule has 1 unspecified atom stereocenters. The molecule has 0 aromatic rings. The maximum absolute atomic E-state index is 10.1. The molecule has 3 nitrogen and oxygen atoms in total. The summed E-state index contributed by atoms with van der Waals surface area (Å²) in [6.07, 6.45) is -0.223. The summed E-state index contributed by atoms with van der Waals surface area (Å²) in [5.74, 6) is 0.752. The van der Waals surface area contributed by atoms with E-state index in [1.807, 2.05) is 0 Å². The van der Waals surface area contributed by atoms with Gasteiger partial charge in [0.05, 0.1) is 6.10 Å². The fourth-order valence-corrected chi connectivity index (χ4v) is 2.19. The second-order valence-electron chi connectivity index (χ2n) is 6.88. The molecule has 102 valence electrons. The molecule has 1 N–H and O–H groups in total. The summed E-state index contributed by atoms with van der Waals surface area (Å²) < 4.78 is 0. The number of nitrogens with zero attached hydrogens (tertiary/aromatic N) is 2. The second kappa shape index (κ2) is 6.17. The van der Waals surface area contributed by atoms with Crippen LogP contribution in [0, 0.1) is 11.3 Å². The van der Waals surface area contributed by atoms with Gasteiger partial charge in [0.25, 0.3) is 0 Å². The number of hydrogen-bond acceptors (Lipinski definition) is 3. The molecule has 3 heteroatoms. The van der Waals surface area contributed by atoms with Gasteiger partial charge >= 0.3 is 0 Å². The molecule has 1 rings (SSSR count). The summed E-state index contributed by atoms with van der Waals surface area (Å²) in [5, 5.41) is 10.1. The highest BCUT2D eigenvalue weighted by molar-refractivity contribution is 4.79. The first-order chi connectivity index (χ1) is 7.79. The van der Waals surface area contributed by atoms with E-state index in [4.69, 9.17) is 0 Å². The lowest BCUT2D eigenvalue weighted by Gasteiger charge is -2.38. The lowest BCUT2D eigenvalue weighted by atomic mass is 9.89. The number of β-amino-alcohol motifs (C(OH)–C–C–N with tert-alkyl or cyclic N) is 1. The fourth-order valence-electron chi connectivity index (χ4n) is 2.19. The largest absolute Gasteiger partial charge is 0.391 e. The smallest absolute Gasteiger partial charge is 0.0715 e. The maximum atomic E-state index is 10.1. The first-order valence-electron chi connectivity index (χ1n) is 6.92. The van der Waals surface area contributed by atoms with Crippen LogP contribution >= 0.6 is 0 Å². The highest BCUT2D eigenvalue weighted by Gasteiger charge is 2.26. The Morgan fingerprint density at radius 1 is 0.941 bits per heavy atom. The first-order valence-corrected chi connectivity index (χ1v) is 6.92. The summed E-state index contributed by atoms with van der Waals surface area (Å²) in [5.41, 5.74) is -0.00489. The predicted octanol–water partition coefficient (Wildman–Crippen LogP) is 1.67. The Bertz CT molecular complexity index is 215.